The molecule has 1 N–H and O–H groups in total. The molecule has 2 aromatic rings. The molecule has 0 bridgehead atoms. The van der Waals surface area contributed by atoms with Crippen LogP contribution in [0.15, 0.2) is 47.5 Å². The summed E-state index contributed by atoms with van der Waals surface area (Å²) in [7, 11) is 0. The number of hydrogen-bond acceptors (Lipinski definition) is 5. The highest BCUT2D eigenvalue weighted by Crippen LogP contribution is 2.25. The molecule has 2 rings (SSSR count). The summed E-state index contributed by atoms with van der Waals surface area (Å²) in [5.74, 6) is 1.67. The van der Waals surface area contributed by atoms with Gasteiger partial charge in [-0.3, -0.25) is 10.1 Å². The molecule has 0 aliphatic rings. The summed E-state index contributed by atoms with van der Waals surface area (Å²) in [6.45, 7) is 2.87. The maximum Gasteiger partial charge on any atom is 0.269 e. The zero-order valence-corrected chi connectivity index (χ0v) is 11.9. The molecule has 6 heteroatoms. The van der Waals surface area contributed by atoms with E-state index in [2.05, 4.69) is 10.3 Å². The molecule has 0 atom stereocenters. The minimum Gasteiger partial charge on any atom is -0.370 e. The van der Waals surface area contributed by atoms with Crippen molar-refractivity contribution in [3.05, 3.63) is 58.3 Å². The maximum atomic E-state index is 10.6. The van der Waals surface area contributed by atoms with Crippen molar-refractivity contribution in [3.8, 4) is 0 Å². The summed E-state index contributed by atoms with van der Waals surface area (Å²) in [4.78, 5) is 15.4. The van der Waals surface area contributed by atoms with E-state index in [0.29, 0.717) is 0 Å². The van der Waals surface area contributed by atoms with Crippen LogP contribution in [0.4, 0.5) is 11.5 Å². The number of anilines is 1. The van der Waals surface area contributed by atoms with E-state index in [1.165, 1.54) is 17.7 Å². The standard InChI is InChI=1S/C14H15N3O2S/c1-2-15-14-9-11(7-8-16-14)10-20-13-5-3-12(4-6-13)17(18)19/h3-9H,2,10H2,1H3,(H,15,16). The summed E-state index contributed by atoms with van der Waals surface area (Å²) >= 11 is 1.64. The van der Waals surface area contributed by atoms with Crippen LogP contribution >= 0.6 is 11.8 Å². The Bertz CT molecular complexity index is 587. The van der Waals surface area contributed by atoms with Crippen molar-refractivity contribution < 1.29 is 4.92 Å². The van der Waals surface area contributed by atoms with Crippen LogP contribution < -0.4 is 5.32 Å². The van der Waals surface area contributed by atoms with E-state index in [4.69, 9.17) is 0 Å². The first-order valence-electron chi connectivity index (χ1n) is 6.25. The van der Waals surface area contributed by atoms with Crippen molar-refractivity contribution in [2.24, 2.45) is 0 Å². The van der Waals surface area contributed by atoms with Gasteiger partial charge in [-0.1, -0.05) is 0 Å². The molecule has 0 amide bonds. The highest BCUT2D eigenvalue weighted by Gasteiger charge is 2.04. The van der Waals surface area contributed by atoms with E-state index < -0.39 is 0 Å². The number of nitro groups is 1. The summed E-state index contributed by atoms with van der Waals surface area (Å²) < 4.78 is 0. The summed E-state index contributed by atoms with van der Waals surface area (Å²) in [5, 5.41) is 13.7. The van der Waals surface area contributed by atoms with E-state index in [1.807, 2.05) is 19.1 Å². The van der Waals surface area contributed by atoms with Gasteiger partial charge in [-0.05, 0) is 36.8 Å². The monoisotopic (exact) mass is 289 g/mol. The van der Waals surface area contributed by atoms with Crippen LogP contribution in [0, 0.1) is 10.1 Å². The van der Waals surface area contributed by atoms with Gasteiger partial charge in [-0.25, -0.2) is 4.98 Å². The van der Waals surface area contributed by atoms with Crippen molar-refractivity contribution in [2.75, 3.05) is 11.9 Å². The first-order valence-corrected chi connectivity index (χ1v) is 7.23. The van der Waals surface area contributed by atoms with Crippen molar-refractivity contribution >= 4 is 23.3 Å². The highest BCUT2D eigenvalue weighted by atomic mass is 32.2. The summed E-state index contributed by atoms with van der Waals surface area (Å²) in [5.41, 5.74) is 1.28. The Hall–Kier alpha value is -2.08. The lowest BCUT2D eigenvalue weighted by Crippen LogP contribution is -1.99. The van der Waals surface area contributed by atoms with Gasteiger partial charge in [-0.2, -0.15) is 0 Å². The second-order valence-corrected chi connectivity index (χ2v) is 5.17. The van der Waals surface area contributed by atoms with Crippen molar-refractivity contribution in [3.63, 3.8) is 0 Å². The first-order chi connectivity index (χ1) is 9.69. The number of rotatable bonds is 6. The van der Waals surface area contributed by atoms with E-state index in [9.17, 15) is 10.1 Å². The van der Waals surface area contributed by atoms with E-state index in [0.717, 1.165) is 23.0 Å². The molecule has 104 valence electrons. The predicted molar refractivity (Wildman–Crippen MR) is 81.1 cm³/mol. The topological polar surface area (TPSA) is 68.1 Å². The number of non-ortho nitro benzene ring substituents is 1. The first kappa shape index (κ1) is 14.3. The molecule has 5 nitrogen and oxygen atoms in total. The minimum atomic E-state index is -0.389. The van der Waals surface area contributed by atoms with Crippen LogP contribution in [-0.2, 0) is 5.75 Å². The molecule has 0 spiro atoms. The lowest BCUT2D eigenvalue weighted by atomic mass is 10.3. The molecule has 0 aliphatic heterocycles. The Kier molecular flexibility index (Phi) is 4.95. The smallest absolute Gasteiger partial charge is 0.269 e. The van der Waals surface area contributed by atoms with Crippen molar-refractivity contribution in [1.82, 2.24) is 4.98 Å². The zero-order chi connectivity index (χ0) is 14.4. The van der Waals surface area contributed by atoms with Gasteiger partial charge in [0.05, 0.1) is 4.92 Å². The SMILES string of the molecule is CCNc1cc(CSc2ccc([N+](=O)[O-])cc2)ccn1. The highest BCUT2D eigenvalue weighted by molar-refractivity contribution is 7.98. The minimum absolute atomic E-state index is 0.118. The normalized spacial score (nSPS) is 10.2. The van der Waals surface area contributed by atoms with E-state index in [1.54, 1.807) is 30.1 Å². The fourth-order valence-electron chi connectivity index (χ4n) is 1.67. The molecule has 20 heavy (non-hydrogen) atoms. The second kappa shape index (κ2) is 6.91. The number of nitrogens with zero attached hydrogens (tertiary/aromatic N) is 2. The summed E-state index contributed by atoms with van der Waals surface area (Å²) in [6.07, 6.45) is 1.78. The van der Waals surface area contributed by atoms with Crippen LogP contribution in [-0.4, -0.2) is 16.5 Å². The fraction of sp³-hybridized carbons (Fsp3) is 0.214. The third-order valence-corrected chi connectivity index (χ3v) is 3.72. The molecule has 1 aromatic carbocycles. The van der Waals surface area contributed by atoms with Gasteiger partial charge in [0.1, 0.15) is 5.82 Å². The number of nitrogens with one attached hydrogen (secondary N) is 1. The number of thioether (sulfide) groups is 1. The number of nitro benzene ring substituents is 1. The molecular weight excluding hydrogens is 274 g/mol. The Balaban J connectivity index is 1.97. The number of aromatic nitrogens is 1. The molecular formula is C14H15N3O2S. The summed E-state index contributed by atoms with van der Waals surface area (Å²) in [6, 6.07) is 10.6. The number of hydrogen-bond donors (Lipinski definition) is 1. The Labute approximate surface area is 121 Å². The molecule has 0 saturated carbocycles. The maximum absolute atomic E-state index is 10.6. The van der Waals surface area contributed by atoms with Crippen LogP contribution in [0.5, 0.6) is 0 Å². The van der Waals surface area contributed by atoms with E-state index >= 15 is 0 Å². The molecule has 0 aliphatic carbocycles. The molecule has 0 radical (unpaired) electrons. The molecule has 0 saturated heterocycles. The van der Waals surface area contributed by atoms with Gasteiger partial charge in [-0.15, -0.1) is 11.8 Å². The average molecular weight is 289 g/mol. The molecule has 0 unspecified atom stereocenters. The van der Waals surface area contributed by atoms with Gasteiger partial charge in [0.25, 0.3) is 5.69 Å². The van der Waals surface area contributed by atoms with Crippen molar-refractivity contribution in [2.45, 2.75) is 17.6 Å². The fourth-order valence-corrected chi connectivity index (χ4v) is 2.51. The number of benzene rings is 1. The zero-order valence-electron chi connectivity index (χ0n) is 11.1. The quantitative estimate of drug-likeness (QED) is 0.499. The van der Waals surface area contributed by atoms with Gasteiger partial charge in [0.2, 0.25) is 0 Å². The third kappa shape index (κ3) is 3.96. The van der Waals surface area contributed by atoms with Crippen LogP contribution in [0.3, 0.4) is 0 Å². The van der Waals surface area contributed by atoms with Gasteiger partial charge >= 0.3 is 0 Å². The molecule has 1 aromatic heterocycles. The predicted octanol–water partition coefficient (Wildman–Crippen LogP) is 3.71. The van der Waals surface area contributed by atoms with Gasteiger partial charge in [0.15, 0.2) is 0 Å². The Morgan fingerprint density at radius 3 is 2.70 bits per heavy atom. The van der Waals surface area contributed by atoms with E-state index in [-0.39, 0.29) is 10.6 Å². The Morgan fingerprint density at radius 2 is 2.05 bits per heavy atom. The Morgan fingerprint density at radius 1 is 1.30 bits per heavy atom. The van der Waals surface area contributed by atoms with Gasteiger partial charge in [0, 0.05) is 35.5 Å². The molecule has 1 heterocycles. The van der Waals surface area contributed by atoms with Crippen LogP contribution in [0.1, 0.15) is 12.5 Å². The lowest BCUT2D eigenvalue weighted by Gasteiger charge is -2.05. The third-order valence-electron chi connectivity index (χ3n) is 2.64. The molecule has 0 fully saturated rings. The largest absolute Gasteiger partial charge is 0.370 e. The van der Waals surface area contributed by atoms with Crippen LogP contribution in [0.2, 0.25) is 0 Å². The lowest BCUT2D eigenvalue weighted by molar-refractivity contribution is -0.384. The van der Waals surface area contributed by atoms with Crippen LogP contribution in [0.25, 0.3) is 0 Å². The average Bonchev–Trinajstić information content (AvgIpc) is 2.46. The second-order valence-electron chi connectivity index (χ2n) is 4.12. The number of pyridine rings is 1. The van der Waals surface area contributed by atoms with Crippen molar-refractivity contribution in [1.29, 1.82) is 0 Å². The van der Waals surface area contributed by atoms with Gasteiger partial charge < -0.3 is 5.32 Å².